The third-order valence-corrected chi connectivity index (χ3v) is 5.31. The largest absolute Gasteiger partial charge is 1.00 e. The molecule has 0 aliphatic rings. The predicted molar refractivity (Wildman–Crippen MR) is 110 cm³/mol. The van der Waals surface area contributed by atoms with Gasteiger partial charge in [0.25, 0.3) is 0 Å². The van der Waals surface area contributed by atoms with Crippen molar-refractivity contribution in [2.24, 2.45) is 0 Å². The number of carboxylic acid groups (broad SMARTS) is 1. The summed E-state index contributed by atoms with van der Waals surface area (Å²) in [6.07, 6.45) is 1.59. The molecule has 0 bridgehead atoms. The molecule has 3 aromatic rings. The van der Waals surface area contributed by atoms with Crippen molar-refractivity contribution in [2.45, 2.75) is 18.1 Å². The zero-order valence-corrected chi connectivity index (χ0v) is 21.0. The van der Waals surface area contributed by atoms with Crippen LogP contribution in [-0.2, 0) is 17.8 Å². The number of aromatic carboxylic acids is 1. The summed E-state index contributed by atoms with van der Waals surface area (Å²) in [5, 5.41) is 11.9. The maximum atomic E-state index is 12.5. The van der Waals surface area contributed by atoms with Gasteiger partial charge in [0.2, 0.25) is 0 Å². The Morgan fingerprint density at radius 3 is 2.57 bits per heavy atom. The normalized spacial score (nSPS) is 10.2. The van der Waals surface area contributed by atoms with E-state index in [0.717, 1.165) is 17.3 Å². The molecule has 0 saturated heterocycles. The number of ether oxygens (including phenoxy) is 1. The minimum Gasteiger partial charge on any atom is -0.545 e. The fourth-order valence-electron chi connectivity index (χ4n) is 2.64. The number of benzene rings is 2. The summed E-state index contributed by atoms with van der Waals surface area (Å²) in [5.74, 6) is -0.761. The smallest absolute Gasteiger partial charge is 0.545 e. The number of rotatable bonds is 9. The van der Waals surface area contributed by atoms with Crippen LogP contribution in [0.1, 0.15) is 21.5 Å². The summed E-state index contributed by atoms with van der Waals surface area (Å²) in [7, 11) is 0. The first-order valence-corrected chi connectivity index (χ1v) is 10.2. The summed E-state index contributed by atoms with van der Waals surface area (Å²) in [6.45, 7) is 0.376. The first kappa shape index (κ1) is 25.1. The van der Waals surface area contributed by atoms with Crippen molar-refractivity contribution >= 4 is 35.1 Å². The Labute approximate surface area is 226 Å². The average Bonchev–Trinajstić information content (AvgIpc) is 2.72. The van der Waals surface area contributed by atoms with Gasteiger partial charge in [0, 0.05) is 28.8 Å². The zero-order valence-electron chi connectivity index (χ0n) is 16.3. The fraction of sp³-hybridized carbons (Fsp3) is 0.136. The van der Waals surface area contributed by atoms with Crippen LogP contribution >= 0.6 is 23.4 Å². The molecule has 0 N–H and O–H groups in total. The first-order chi connectivity index (χ1) is 14.0. The van der Waals surface area contributed by atoms with Gasteiger partial charge in [0.1, 0.15) is 23.2 Å². The van der Waals surface area contributed by atoms with Crippen LogP contribution < -0.4 is 61.2 Å². The summed E-state index contributed by atoms with van der Waals surface area (Å²) < 4.78 is 5.88. The second-order valence-electron chi connectivity index (χ2n) is 6.17. The average molecular weight is 466 g/mol. The van der Waals surface area contributed by atoms with Gasteiger partial charge in [-0.2, -0.15) is 0 Å². The van der Waals surface area contributed by atoms with Gasteiger partial charge in [0.05, 0.1) is 11.7 Å². The van der Waals surface area contributed by atoms with Gasteiger partial charge in [-0.15, -0.1) is 0 Å². The number of thioether (sulfide) groups is 1. The van der Waals surface area contributed by atoms with Gasteiger partial charge < -0.3 is 14.6 Å². The van der Waals surface area contributed by atoms with E-state index in [-0.39, 0.29) is 79.9 Å². The topological polar surface area (TPSA) is 79.3 Å². The summed E-state index contributed by atoms with van der Waals surface area (Å²) in [4.78, 5) is 27.7. The van der Waals surface area contributed by atoms with E-state index in [9.17, 15) is 14.7 Å². The van der Waals surface area contributed by atoms with Gasteiger partial charge in [-0.1, -0.05) is 53.7 Å². The van der Waals surface area contributed by atoms with Crippen LogP contribution in [-0.4, -0.2) is 22.5 Å². The van der Waals surface area contributed by atoms with Crippen LogP contribution in [0.2, 0.25) is 5.02 Å². The number of carbonyl (C=O) groups is 2. The molecule has 5 nitrogen and oxygen atoms in total. The van der Waals surface area contributed by atoms with Gasteiger partial charge >= 0.3 is 51.4 Å². The summed E-state index contributed by atoms with van der Waals surface area (Å²) in [5.41, 5.74) is 1.67. The maximum Gasteiger partial charge on any atom is 1.00 e. The van der Waals surface area contributed by atoms with E-state index >= 15 is 0 Å². The van der Waals surface area contributed by atoms with E-state index in [1.165, 1.54) is 18.3 Å². The summed E-state index contributed by atoms with van der Waals surface area (Å²) >= 11 is 7.16. The second kappa shape index (κ2) is 12.6. The molecule has 2 aromatic carbocycles. The van der Waals surface area contributed by atoms with Crippen molar-refractivity contribution in [3.05, 3.63) is 88.6 Å². The molecular formula is C22H17ClKNO4S. The number of hydrogen-bond acceptors (Lipinski definition) is 6. The Hall–Kier alpha value is -1.19. The molecule has 148 valence electrons. The van der Waals surface area contributed by atoms with Crippen LogP contribution in [0.4, 0.5) is 0 Å². The van der Waals surface area contributed by atoms with Gasteiger partial charge in [-0.25, -0.2) is 4.98 Å². The number of nitrogens with zero attached hydrogens (tertiary/aromatic N) is 1. The van der Waals surface area contributed by atoms with Crippen LogP contribution in [0.25, 0.3) is 0 Å². The fourth-order valence-corrected chi connectivity index (χ4v) is 3.67. The molecule has 0 spiro atoms. The number of aromatic nitrogens is 1. The standard InChI is InChI=1S/C22H18ClNO4S.K/c23-17-8-9-20(28-13-15-5-2-1-3-6-15)16(11-17)12-18(25)14-29-21-19(22(26)27)7-4-10-24-21;/h1-11H,12-14H2,(H,26,27);/q;+1/p-1. The molecule has 0 aliphatic heterocycles. The van der Waals surface area contributed by atoms with Crippen molar-refractivity contribution in [2.75, 3.05) is 5.75 Å². The van der Waals surface area contributed by atoms with E-state index in [0.29, 0.717) is 22.9 Å². The predicted octanol–water partition coefficient (Wildman–Crippen LogP) is 0.585. The molecular weight excluding hydrogens is 449 g/mol. The molecule has 30 heavy (non-hydrogen) atoms. The van der Waals surface area contributed by atoms with Crippen molar-refractivity contribution in [1.29, 1.82) is 0 Å². The minimum atomic E-state index is -1.32. The van der Waals surface area contributed by atoms with Crippen LogP contribution in [0.15, 0.2) is 71.9 Å². The minimum absolute atomic E-state index is 0. The van der Waals surface area contributed by atoms with Crippen LogP contribution in [0.5, 0.6) is 5.75 Å². The Kier molecular flexibility index (Phi) is 10.5. The number of Topliss-reactive ketones (excluding diaryl/α,β-unsaturated/α-hetero) is 1. The van der Waals surface area contributed by atoms with Crippen molar-refractivity contribution < 1.29 is 70.8 Å². The van der Waals surface area contributed by atoms with Crippen molar-refractivity contribution in [3.8, 4) is 5.75 Å². The first-order valence-electron chi connectivity index (χ1n) is 8.79. The number of pyridine rings is 1. The quantitative estimate of drug-likeness (QED) is 0.340. The Bertz CT molecular complexity index is 1020. The van der Waals surface area contributed by atoms with E-state index in [1.54, 1.807) is 18.2 Å². The SMILES string of the molecule is O=C(CSc1ncccc1C(=O)[O-])Cc1cc(Cl)ccc1OCc1ccccc1.[K+]. The Morgan fingerprint density at radius 1 is 1.07 bits per heavy atom. The maximum absolute atomic E-state index is 12.5. The van der Waals surface area contributed by atoms with E-state index in [2.05, 4.69) is 4.98 Å². The molecule has 0 unspecified atom stereocenters. The Morgan fingerprint density at radius 2 is 1.83 bits per heavy atom. The van der Waals surface area contributed by atoms with Gasteiger partial charge in [-0.05, 0) is 35.9 Å². The zero-order chi connectivity index (χ0) is 20.6. The molecule has 0 amide bonds. The molecule has 0 atom stereocenters. The van der Waals surface area contributed by atoms with E-state index < -0.39 is 5.97 Å². The number of carbonyl (C=O) groups excluding carboxylic acids is 2. The number of halogens is 1. The second-order valence-corrected chi connectivity index (χ2v) is 7.57. The molecule has 0 aliphatic carbocycles. The Balaban J connectivity index is 0.00000320. The number of ketones is 1. The van der Waals surface area contributed by atoms with Gasteiger partial charge in [-0.3, -0.25) is 4.79 Å². The van der Waals surface area contributed by atoms with E-state index in [1.807, 2.05) is 30.3 Å². The molecule has 8 heteroatoms. The third kappa shape index (κ3) is 7.49. The molecule has 1 heterocycles. The third-order valence-electron chi connectivity index (χ3n) is 4.01. The van der Waals surface area contributed by atoms with Gasteiger partial charge in [0.15, 0.2) is 0 Å². The molecule has 3 rings (SSSR count). The van der Waals surface area contributed by atoms with Crippen LogP contribution in [0.3, 0.4) is 0 Å². The monoisotopic (exact) mass is 465 g/mol. The number of hydrogen-bond donors (Lipinski definition) is 0. The molecule has 0 fully saturated rings. The van der Waals surface area contributed by atoms with E-state index in [4.69, 9.17) is 16.3 Å². The molecule has 0 saturated carbocycles. The van der Waals surface area contributed by atoms with Crippen LogP contribution in [0, 0.1) is 0 Å². The van der Waals surface area contributed by atoms with Crippen molar-refractivity contribution in [3.63, 3.8) is 0 Å². The molecule has 1 aromatic heterocycles. The summed E-state index contributed by atoms with van der Waals surface area (Å²) in [6, 6.07) is 17.8. The number of carboxylic acids is 1. The van der Waals surface area contributed by atoms with Crippen molar-refractivity contribution in [1.82, 2.24) is 4.98 Å². The molecule has 0 radical (unpaired) electrons.